The van der Waals surface area contributed by atoms with Crippen LogP contribution in [0.4, 0.5) is 13.2 Å². The Hall–Kier alpha value is -1.52. The van der Waals surface area contributed by atoms with Crippen LogP contribution in [0.3, 0.4) is 0 Å². The molecule has 0 bridgehead atoms. The lowest BCUT2D eigenvalue weighted by atomic mass is 9.98. The minimum Gasteiger partial charge on any atom is -0.320 e. The van der Waals surface area contributed by atoms with E-state index in [-0.39, 0.29) is 10.6 Å². The molecule has 0 fully saturated rings. The summed E-state index contributed by atoms with van der Waals surface area (Å²) in [6.45, 7) is 0. The number of hydrogen-bond donors (Lipinski definition) is 1. The summed E-state index contributed by atoms with van der Waals surface area (Å²) in [5.41, 5.74) is 6.20. The second-order valence-corrected chi connectivity index (χ2v) is 4.53. The van der Waals surface area contributed by atoms with Crippen molar-refractivity contribution in [1.29, 1.82) is 0 Å². The molecule has 2 rings (SSSR count). The van der Waals surface area contributed by atoms with E-state index in [9.17, 15) is 13.2 Å². The van der Waals surface area contributed by atoms with Crippen LogP contribution >= 0.6 is 11.6 Å². The highest BCUT2D eigenvalue weighted by Gasteiger charge is 2.31. The summed E-state index contributed by atoms with van der Waals surface area (Å²) in [7, 11) is 0. The number of rotatable bonds is 2. The maximum atomic E-state index is 12.7. The minimum atomic E-state index is -4.41. The average Bonchev–Trinajstić information content (AvgIpc) is 2.38. The Labute approximate surface area is 113 Å². The second-order valence-electron chi connectivity index (χ2n) is 4.12. The molecule has 1 nitrogen and oxygen atoms in total. The molecule has 100 valence electrons. The Morgan fingerprint density at radius 3 is 2.21 bits per heavy atom. The molecule has 1 unspecified atom stereocenters. The van der Waals surface area contributed by atoms with Crippen molar-refractivity contribution in [3.05, 3.63) is 70.2 Å². The van der Waals surface area contributed by atoms with Gasteiger partial charge >= 0.3 is 6.18 Å². The fourth-order valence-electron chi connectivity index (χ4n) is 1.80. The summed E-state index contributed by atoms with van der Waals surface area (Å²) in [4.78, 5) is 0. The van der Waals surface area contributed by atoms with Crippen molar-refractivity contribution in [3.8, 4) is 0 Å². The topological polar surface area (TPSA) is 26.0 Å². The van der Waals surface area contributed by atoms with Crippen LogP contribution in [-0.4, -0.2) is 0 Å². The molecule has 1 atom stereocenters. The van der Waals surface area contributed by atoms with Gasteiger partial charge in [0.25, 0.3) is 0 Å². The van der Waals surface area contributed by atoms with Crippen molar-refractivity contribution in [2.24, 2.45) is 5.73 Å². The van der Waals surface area contributed by atoms with Crippen LogP contribution in [0.15, 0.2) is 48.5 Å². The zero-order valence-electron chi connectivity index (χ0n) is 9.79. The first kappa shape index (κ1) is 13.9. The van der Waals surface area contributed by atoms with Gasteiger partial charge in [-0.05, 0) is 29.3 Å². The molecule has 0 aliphatic rings. The van der Waals surface area contributed by atoms with Gasteiger partial charge in [-0.2, -0.15) is 13.2 Å². The van der Waals surface area contributed by atoms with E-state index in [1.54, 1.807) is 24.3 Å². The molecule has 2 N–H and O–H groups in total. The Bertz CT molecular complexity index is 567. The lowest BCUT2D eigenvalue weighted by molar-refractivity contribution is -0.137. The SMILES string of the molecule is NC(c1ccccc1)c1cc(C(F)(F)F)ccc1Cl. The first-order chi connectivity index (χ1) is 8.89. The largest absolute Gasteiger partial charge is 0.416 e. The van der Waals surface area contributed by atoms with Crippen molar-refractivity contribution < 1.29 is 13.2 Å². The van der Waals surface area contributed by atoms with Crippen molar-refractivity contribution >= 4 is 11.6 Å². The molecule has 0 aromatic heterocycles. The molecular formula is C14H11ClF3N. The number of halogens is 4. The predicted octanol–water partition coefficient (Wildman–Crippen LogP) is 4.41. The maximum Gasteiger partial charge on any atom is 0.416 e. The highest BCUT2D eigenvalue weighted by atomic mass is 35.5. The third-order valence-electron chi connectivity index (χ3n) is 2.82. The van der Waals surface area contributed by atoms with E-state index in [0.717, 1.165) is 12.1 Å². The number of alkyl halides is 3. The van der Waals surface area contributed by atoms with E-state index in [1.165, 1.54) is 6.07 Å². The van der Waals surface area contributed by atoms with Crippen LogP contribution in [0.5, 0.6) is 0 Å². The molecule has 0 amide bonds. The third-order valence-corrected chi connectivity index (χ3v) is 3.16. The molecule has 2 aromatic carbocycles. The first-order valence-electron chi connectivity index (χ1n) is 5.57. The highest BCUT2D eigenvalue weighted by Crippen LogP contribution is 2.34. The minimum absolute atomic E-state index is 0.226. The van der Waals surface area contributed by atoms with Crippen molar-refractivity contribution in [2.75, 3.05) is 0 Å². The normalized spacial score (nSPS) is 13.3. The van der Waals surface area contributed by atoms with Gasteiger partial charge in [0.15, 0.2) is 0 Å². The Morgan fingerprint density at radius 1 is 1.00 bits per heavy atom. The van der Waals surface area contributed by atoms with Gasteiger partial charge in [0, 0.05) is 5.02 Å². The van der Waals surface area contributed by atoms with Crippen molar-refractivity contribution in [1.82, 2.24) is 0 Å². The fourth-order valence-corrected chi connectivity index (χ4v) is 2.03. The van der Waals surface area contributed by atoms with E-state index < -0.39 is 17.8 Å². The van der Waals surface area contributed by atoms with Gasteiger partial charge in [-0.1, -0.05) is 41.9 Å². The maximum absolute atomic E-state index is 12.7. The average molecular weight is 286 g/mol. The molecule has 2 aromatic rings. The van der Waals surface area contributed by atoms with Gasteiger partial charge in [-0.3, -0.25) is 0 Å². The molecule has 0 aliphatic carbocycles. The molecule has 0 radical (unpaired) electrons. The second kappa shape index (κ2) is 5.23. The van der Waals surface area contributed by atoms with Gasteiger partial charge < -0.3 is 5.73 Å². The van der Waals surface area contributed by atoms with E-state index in [2.05, 4.69) is 0 Å². The lowest BCUT2D eigenvalue weighted by Crippen LogP contribution is -2.14. The number of nitrogens with two attached hydrogens (primary N) is 1. The van der Waals surface area contributed by atoms with Crippen molar-refractivity contribution in [2.45, 2.75) is 12.2 Å². The van der Waals surface area contributed by atoms with E-state index in [1.807, 2.05) is 6.07 Å². The van der Waals surface area contributed by atoms with Gasteiger partial charge in [-0.25, -0.2) is 0 Å². The smallest absolute Gasteiger partial charge is 0.320 e. The molecule has 5 heteroatoms. The predicted molar refractivity (Wildman–Crippen MR) is 68.9 cm³/mol. The summed E-state index contributed by atoms with van der Waals surface area (Å²) in [6, 6.07) is 11.3. The Balaban J connectivity index is 2.45. The molecule has 0 saturated carbocycles. The summed E-state index contributed by atoms with van der Waals surface area (Å²) in [5, 5.41) is 0.226. The summed E-state index contributed by atoms with van der Waals surface area (Å²) in [6.07, 6.45) is -4.41. The van der Waals surface area contributed by atoms with Crippen LogP contribution in [0.2, 0.25) is 5.02 Å². The van der Waals surface area contributed by atoms with Crippen LogP contribution in [-0.2, 0) is 6.18 Å². The fraction of sp³-hybridized carbons (Fsp3) is 0.143. The molecule has 0 heterocycles. The molecule has 0 saturated heterocycles. The molecule has 0 aliphatic heterocycles. The van der Waals surface area contributed by atoms with Gasteiger partial charge in [0.2, 0.25) is 0 Å². The van der Waals surface area contributed by atoms with Crippen LogP contribution in [0, 0.1) is 0 Å². The Kier molecular flexibility index (Phi) is 3.83. The standard InChI is InChI=1S/C14H11ClF3N/c15-12-7-6-10(14(16,17)18)8-11(12)13(19)9-4-2-1-3-5-9/h1-8,13H,19H2. The third kappa shape index (κ3) is 3.08. The zero-order chi connectivity index (χ0) is 14.0. The Morgan fingerprint density at radius 2 is 1.63 bits per heavy atom. The lowest BCUT2D eigenvalue weighted by Gasteiger charge is -2.16. The molecule has 0 spiro atoms. The molecular weight excluding hydrogens is 275 g/mol. The van der Waals surface area contributed by atoms with E-state index in [4.69, 9.17) is 17.3 Å². The summed E-state index contributed by atoms with van der Waals surface area (Å²) >= 11 is 5.94. The monoisotopic (exact) mass is 285 g/mol. The van der Waals surface area contributed by atoms with Gasteiger partial charge in [-0.15, -0.1) is 0 Å². The quantitative estimate of drug-likeness (QED) is 0.869. The van der Waals surface area contributed by atoms with Gasteiger partial charge in [0.05, 0.1) is 11.6 Å². The van der Waals surface area contributed by atoms with Crippen LogP contribution in [0.1, 0.15) is 22.7 Å². The van der Waals surface area contributed by atoms with Crippen molar-refractivity contribution in [3.63, 3.8) is 0 Å². The van der Waals surface area contributed by atoms with E-state index >= 15 is 0 Å². The number of benzene rings is 2. The van der Waals surface area contributed by atoms with Crippen LogP contribution < -0.4 is 5.73 Å². The first-order valence-corrected chi connectivity index (χ1v) is 5.94. The highest BCUT2D eigenvalue weighted by molar-refractivity contribution is 6.31. The van der Waals surface area contributed by atoms with E-state index in [0.29, 0.717) is 5.56 Å². The van der Waals surface area contributed by atoms with Crippen LogP contribution in [0.25, 0.3) is 0 Å². The zero-order valence-corrected chi connectivity index (χ0v) is 10.5. The number of hydrogen-bond acceptors (Lipinski definition) is 1. The van der Waals surface area contributed by atoms with Gasteiger partial charge in [0.1, 0.15) is 0 Å². The summed E-state index contributed by atoms with van der Waals surface area (Å²) < 4.78 is 38.0. The summed E-state index contributed by atoms with van der Waals surface area (Å²) in [5.74, 6) is 0. The molecule has 19 heavy (non-hydrogen) atoms.